The zero-order valence-electron chi connectivity index (χ0n) is 7.99. The van der Waals surface area contributed by atoms with E-state index in [0.29, 0.717) is 0 Å². The molecule has 0 rings (SSSR count). The molecule has 0 aromatic rings. The third-order valence-electron chi connectivity index (χ3n) is 1.05. The summed E-state index contributed by atoms with van der Waals surface area (Å²) in [6, 6.07) is 0. The van der Waals surface area contributed by atoms with Crippen molar-refractivity contribution in [2.75, 3.05) is 0 Å². The van der Waals surface area contributed by atoms with Crippen LogP contribution in [0.2, 0.25) is 0 Å². The van der Waals surface area contributed by atoms with Crippen LogP contribution in [0, 0.1) is 0 Å². The lowest BCUT2D eigenvalue weighted by molar-refractivity contribution is 1.09. The second-order valence-electron chi connectivity index (χ2n) is 2.19. The first-order valence-electron chi connectivity index (χ1n) is 3.99. The van der Waals surface area contributed by atoms with Gasteiger partial charge in [-0.25, -0.2) is 0 Å². The van der Waals surface area contributed by atoms with Crippen LogP contribution in [-0.4, -0.2) is 0 Å². The van der Waals surface area contributed by atoms with Crippen molar-refractivity contribution in [2.45, 2.75) is 41.0 Å². The highest BCUT2D eigenvalue weighted by Crippen LogP contribution is 2.01. The summed E-state index contributed by atoms with van der Waals surface area (Å²) in [6.07, 6.45) is 3.24. The van der Waals surface area contributed by atoms with Crippen molar-refractivity contribution in [2.24, 2.45) is 0 Å². The monoisotopic (exact) mass is 140 g/mol. The van der Waals surface area contributed by atoms with Crippen molar-refractivity contribution in [1.82, 2.24) is 0 Å². The zero-order valence-corrected chi connectivity index (χ0v) is 7.99. The van der Waals surface area contributed by atoms with Crippen molar-refractivity contribution in [3.8, 4) is 0 Å². The Kier molecular flexibility index (Phi) is 10.3. The Morgan fingerprint density at radius 2 is 1.70 bits per heavy atom. The van der Waals surface area contributed by atoms with E-state index >= 15 is 0 Å². The number of hydrogen-bond acceptors (Lipinski definition) is 0. The molecule has 0 N–H and O–H groups in total. The van der Waals surface area contributed by atoms with Crippen LogP contribution in [0.5, 0.6) is 0 Å². The molecule has 0 radical (unpaired) electrons. The topological polar surface area (TPSA) is 0 Å². The lowest BCUT2D eigenvalue weighted by Crippen LogP contribution is -1.70. The Labute approximate surface area is 65.7 Å². The molecule has 0 aromatic heterocycles. The van der Waals surface area contributed by atoms with Gasteiger partial charge in [-0.05, 0) is 20.3 Å². The third-order valence-corrected chi connectivity index (χ3v) is 1.05. The van der Waals surface area contributed by atoms with Crippen molar-refractivity contribution in [3.05, 3.63) is 23.8 Å². The van der Waals surface area contributed by atoms with E-state index in [1.54, 1.807) is 0 Å². The predicted octanol–water partition coefficient (Wildman–Crippen LogP) is 3.95. The molecule has 0 amide bonds. The first-order valence-corrected chi connectivity index (χ1v) is 3.99. The molecule has 10 heavy (non-hydrogen) atoms. The predicted molar refractivity (Wildman–Crippen MR) is 50.2 cm³/mol. The Balaban J connectivity index is 0. The summed E-state index contributed by atoms with van der Waals surface area (Å²) >= 11 is 0. The molecule has 0 aliphatic rings. The molecule has 0 fully saturated rings. The van der Waals surface area contributed by atoms with Crippen LogP contribution in [0.1, 0.15) is 41.0 Å². The van der Waals surface area contributed by atoms with Gasteiger partial charge >= 0.3 is 0 Å². The maximum absolute atomic E-state index is 3.77. The first-order chi connectivity index (χ1) is 4.66. The fourth-order valence-electron chi connectivity index (χ4n) is 0.523. The van der Waals surface area contributed by atoms with Gasteiger partial charge in [-0.3, -0.25) is 0 Å². The lowest BCUT2D eigenvalue weighted by atomic mass is 10.2. The highest BCUT2D eigenvalue weighted by atomic mass is 13.9. The standard InChI is InChI=1S/C8H14.C2H6/c1-5-8(4)6-7(2)3;1-2/h6H,2,5H2,1,3-4H3;1-2H3/b8-6+;. The zero-order chi connectivity index (χ0) is 8.57. The van der Waals surface area contributed by atoms with E-state index in [4.69, 9.17) is 0 Å². The van der Waals surface area contributed by atoms with Gasteiger partial charge in [0.2, 0.25) is 0 Å². The largest absolute Gasteiger partial charge is 0.0961 e. The van der Waals surface area contributed by atoms with Gasteiger partial charge in [-0.1, -0.05) is 44.6 Å². The highest BCUT2D eigenvalue weighted by Gasteiger charge is 1.80. The second-order valence-corrected chi connectivity index (χ2v) is 2.19. The first kappa shape index (κ1) is 12.2. The van der Waals surface area contributed by atoms with Gasteiger partial charge in [-0.2, -0.15) is 0 Å². The van der Waals surface area contributed by atoms with Crippen LogP contribution >= 0.6 is 0 Å². The maximum Gasteiger partial charge on any atom is -0.0348 e. The van der Waals surface area contributed by atoms with Crippen molar-refractivity contribution in [3.63, 3.8) is 0 Å². The van der Waals surface area contributed by atoms with Gasteiger partial charge in [0.15, 0.2) is 0 Å². The van der Waals surface area contributed by atoms with Crippen LogP contribution in [0.15, 0.2) is 23.8 Å². The van der Waals surface area contributed by atoms with Gasteiger partial charge in [0.05, 0.1) is 0 Å². The Morgan fingerprint density at radius 1 is 1.30 bits per heavy atom. The quantitative estimate of drug-likeness (QED) is 0.509. The van der Waals surface area contributed by atoms with Gasteiger partial charge < -0.3 is 0 Å². The van der Waals surface area contributed by atoms with Gasteiger partial charge in [0.1, 0.15) is 0 Å². The minimum absolute atomic E-state index is 1.13. The molecule has 0 aliphatic heterocycles. The molecule has 0 heterocycles. The maximum atomic E-state index is 3.77. The second kappa shape index (κ2) is 8.48. The molecule has 0 saturated carbocycles. The molecule has 0 spiro atoms. The summed E-state index contributed by atoms with van der Waals surface area (Å²) in [7, 11) is 0. The summed E-state index contributed by atoms with van der Waals surface area (Å²) in [4.78, 5) is 0. The fourth-order valence-corrected chi connectivity index (χ4v) is 0.523. The van der Waals surface area contributed by atoms with Crippen LogP contribution in [-0.2, 0) is 0 Å². The van der Waals surface area contributed by atoms with Crippen molar-refractivity contribution >= 4 is 0 Å². The molecular weight excluding hydrogens is 120 g/mol. The smallest absolute Gasteiger partial charge is 0.0348 e. The molecule has 0 aliphatic carbocycles. The van der Waals surface area contributed by atoms with E-state index in [0.717, 1.165) is 12.0 Å². The Bertz CT molecular complexity index is 107. The number of hydrogen-bond donors (Lipinski definition) is 0. The minimum atomic E-state index is 1.13. The molecule has 0 heteroatoms. The highest BCUT2D eigenvalue weighted by molar-refractivity contribution is 5.16. The van der Waals surface area contributed by atoms with Crippen LogP contribution in [0.4, 0.5) is 0 Å². The summed E-state index contributed by atoms with van der Waals surface area (Å²) in [5.41, 5.74) is 2.54. The normalized spacial score (nSPS) is 9.90. The molecule has 0 nitrogen and oxygen atoms in total. The molecule has 0 saturated heterocycles. The Hall–Kier alpha value is -0.520. The van der Waals surface area contributed by atoms with E-state index in [9.17, 15) is 0 Å². The van der Waals surface area contributed by atoms with Gasteiger partial charge in [-0.15, -0.1) is 0 Å². The molecular formula is C10H20. The molecule has 0 aromatic carbocycles. The van der Waals surface area contributed by atoms with E-state index in [1.165, 1.54) is 5.57 Å². The van der Waals surface area contributed by atoms with Crippen LogP contribution < -0.4 is 0 Å². The lowest BCUT2D eigenvalue weighted by Gasteiger charge is -1.91. The van der Waals surface area contributed by atoms with Crippen LogP contribution in [0.25, 0.3) is 0 Å². The molecule has 0 bridgehead atoms. The molecule has 0 atom stereocenters. The molecule has 60 valence electrons. The summed E-state index contributed by atoms with van der Waals surface area (Å²) in [5.74, 6) is 0. The average Bonchev–Trinajstić information content (AvgIpc) is 1.91. The van der Waals surface area contributed by atoms with E-state index in [2.05, 4.69) is 26.5 Å². The van der Waals surface area contributed by atoms with E-state index < -0.39 is 0 Å². The summed E-state index contributed by atoms with van der Waals surface area (Å²) < 4.78 is 0. The summed E-state index contributed by atoms with van der Waals surface area (Å²) in [6.45, 7) is 14.0. The SMILES string of the molecule is C=C(C)/C=C(\C)CC.CC. The van der Waals surface area contributed by atoms with E-state index in [1.807, 2.05) is 20.8 Å². The third kappa shape index (κ3) is 10.5. The van der Waals surface area contributed by atoms with Crippen molar-refractivity contribution in [1.29, 1.82) is 0 Å². The van der Waals surface area contributed by atoms with Crippen LogP contribution in [0.3, 0.4) is 0 Å². The van der Waals surface area contributed by atoms with Gasteiger partial charge in [0.25, 0.3) is 0 Å². The number of allylic oxidation sites excluding steroid dienone is 3. The minimum Gasteiger partial charge on any atom is -0.0961 e. The van der Waals surface area contributed by atoms with Gasteiger partial charge in [0, 0.05) is 0 Å². The molecule has 0 unspecified atom stereocenters. The fraction of sp³-hybridized carbons (Fsp3) is 0.600. The average molecular weight is 140 g/mol. The summed E-state index contributed by atoms with van der Waals surface area (Å²) in [5, 5.41) is 0. The van der Waals surface area contributed by atoms with E-state index in [-0.39, 0.29) is 0 Å². The Morgan fingerprint density at radius 3 is 1.80 bits per heavy atom. The number of rotatable bonds is 2. The van der Waals surface area contributed by atoms with Crippen molar-refractivity contribution < 1.29 is 0 Å².